The summed E-state index contributed by atoms with van der Waals surface area (Å²) in [6.07, 6.45) is 8.54. The van der Waals surface area contributed by atoms with Crippen molar-refractivity contribution in [3.8, 4) is 0 Å². The van der Waals surface area contributed by atoms with Crippen molar-refractivity contribution in [1.82, 2.24) is 5.32 Å². The highest BCUT2D eigenvalue weighted by Gasteiger charge is 2.22. The van der Waals surface area contributed by atoms with E-state index in [1.165, 1.54) is 38.5 Å². The average molecular weight is 213 g/mol. The molecule has 15 heavy (non-hydrogen) atoms. The minimum Gasteiger partial charge on any atom is -0.375 e. The maximum atomic E-state index is 5.83. The molecule has 1 aliphatic heterocycles. The summed E-state index contributed by atoms with van der Waals surface area (Å²) in [5.41, 5.74) is 0. The minimum atomic E-state index is 0.499. The van der Waals surface area contributed by atoms with Crippen LogP contribution in [0.2, 0.25) is 0 Å². The van der Waals surface area contributed by atoms with Gasteiger partial charge in [0.15, 0.2) is 0 Å². The summed E-state index contributed by atoms with van der Waals surface area (Å²) in [6, 6.07) is 0.699. The van der Waals surface area contributed by atoms with Crippen molar-refractivity contribution in [2.75, 3.05) is 6.54 Å². The first-order chi connectivity index (χ1) is 7.26. The Labute approximate surface area is 94.8 Å². The Balaban J connectivity index is 2.10. The Morgan fingerprint density at radius 3 is 2.67 bits per heavy atom. The van der Waals surface area contributed by atoms with E-state index in [4.69, 9.17) is 4.74 Å². The van der Waals surface area contributed by atoms with E-state index in [2.05, 4.69) is 26.1 Å². The molecule has 3 atom stereocenters. The van der Waals surface area contributed by atoms with Crippen molar-refractivity contribution in [2.24, 2.45) is 0 Å². The summed E-state index contributed by atoms with van der Waals surface area (Å²) >= 11 is 0. The molecule has 0 aromatic carbocycles. The summed E-state index contributed by atoms with van der Waals surface area (Å²) in [5, 5.41) is 3.60. The highest BCUT2D eigenvalue weighted by atomic mass is 16.5. The molecule has 2 nitrogen and oxygen atoms in total. The highest BCUT2D eigenvalue weighted by Crippen LogP contribution is 2.23. The van der Waals surface area contributed by atoms with Crippen molar-refractivity contribution in [3.63, 3.8) is 0 Å². The fourth-order valence-corrected chi connectivity index (χ4v) is 2.28. The number of nitrogens with one attached hydrogen (secondary N) is 1. The average Bonchev–Trinajstić information content (AvgIpc) is 2.65. The van der Waals surface area contributed by atoms with Crippen LogP contribution in [0.25, 0.3) is 0 Å². The molecular formula is C13H27NO. The largest absolute Gasteiger partial charge is 0.375 e. The number of ether oxygens (including phenoxy) is 1. The van der Waals surface area contributed by atoms with Crippen LogP contribution in [0.1, 0.15) is 59.3 Å². The molecular weight excluding hydrogens is 186 g/mol. The van der Waals surface area contributed by atoms with E-state index in [1.54, 1.807) is 0 Å². The molecule has 90 valence electrons. The number of hydrogen-bond acceptors (Lipinski definition) is 2. The van der Waals surface area contributed by atoms with Crippen molar-refractivity contribution >= 4 is 0 Å². The fourth-order valence-electron chi connectivity index (χ4n) is 2.28. The molecule has 0 aromatic heterocycles. The topological polar surface area (TPSA) is 21.3 Å². The van der Waals surface area contributed by atoms with E-state index in [0.717, 1.165) is 6.54 Å². The smallest absolute Gasteiger partial charge is 0.0580 e. The van der Waals surface area contributed by atoms with Crippen molar-refractivity contribution in [2.45, 2.75) is 77.5 Å². The molecule has 1 rings (SSSR count). The Morgan fingerprint density at radius 2 is 2.13 bits per heavy atom. The van der Waals surface area contributed by atoms with E-state index in [-0.39, 0.29) is 0 Å². The zero-order valence-electron chi connectivity index (χ0n) is 10.6. The molecule has 0 spiro atoms. The zero-order chi connectivity index (χ0) is 11.1. The third-order valence-electron chi connectivity index (χ3n) is 3.33. The van der Waals surface area contributed by atoms with Crippen LogP contribution in [0.3, 0.4) is 0 Å². The molecule has 0 aliphatic carbocycles. The standard InChI is InChI=1S/C13H27NO/c1-4-10-14-12(5-2)7-9-13-8-6-11(3)15-13/h11-14H,4-10H2,1-3H3. The first-order valence-corrected chi connectivity index (χ1v) is 6.65. The van der Waals surface area contributed by atoms with E-state index >= 15 is 0 Å². The Hall–Kier alpha value is -0.0800. The molecule has 1 aliphatic rings. The molecule has 3 unspecified atom stereocenters. The van der Waals surface area contributed by atoms with Gasteiger partial charge in [-0.1, -0.05) is 13.8 Å². The van der Waals surface area contributed by atoms with Gasteiger partial charge in [0, 0.05) is 6.04 Å². The normalized spacial score (nSPS) is 28.2. The molecule has 0 amide bonds. The first kappa shape index (κ1) is 13.0. The lowest BCUT2D eigenvalue weighted by molar-refractivity contribution is 0.0480. The second-order valence-corrected chi connectivity index (χ2v) is 4.78. The van der Waals surface area contributed by atoms with Crippen molar-refractivity contribution < 1.29 is 4.74 Å². The Morgan fingerprint density at radius 1 is 1.33 bits per heavy atom. The van der Waals surface area contributed by atoms with E-state index in [0.29, 0.717) is 18.2 Å². The predicted octanol–water partition coefficient (Wildman–Crippen LogP) is 3.11. The predicted molar refractivity (Wildman–Crippen MR) is 65.2 cm³/mol. The molecule has 0 bridgehead atoms. The second kappa shape index (κ2) is 7.24. The quantitative estimate of drug-likeness (QED) is 0.701. The van der Waals surface area contributed by atoms with Gasteiger partial charge in [-0.3, -0.25) is 0 Å². The third kappa shape index (κ3) is 4.98. The van der Waals surface area contributed by atoms with Gasteiger partial charge >= 0.3 is 0 Å². The second-order valence-electron chi connectivity index (χ2n) is 4.78. The summed E-state index contributed by atoms with van der Waals surface area (Å²) in [6.45, 7) is 7.83. The Kier molecular flexibility index (Phi) is 6.26. The SMILES string of the molecule is CCCNC(CC)CCC1CCC(C)O1. The summed E-state index contributed by atoms with van der Waals surface area (Å²) in [5.74, 6) is 0. The monoisotopic (exact) mass is 213 g/mol. The van der Waals surface area contributed by atoms with Gasteiger partial charge in [0.25, 0.3) is 0 Å². The van der Waals surface area contributed by atoms with Gasteiger partial charge in [-0.05, 0) is 52.0 Å². The van der Waals surface area contributed by atoms with Gasteiger partial charge in [0.05, 0.1) is 12.2 Å². The van der Waals surface area contributed by atoms with Crippen LogP contribution >= 0.6 is 0 Å². The maximum absolute atomic E-state index is 5.83. The Bertz CT molecular complexity index is 161. The van der Waals surface area contributed by atoms with E-state index in [9.17, 15) is 0 Å². The lowest BCUT2D eigenvalue weighted by Gasteiger charge is -2.18. The van der Waals surface area contributed by atoms with Crippen molar-refractivity contribution in [3.05, 3.63) is 0 Å². The molecule has 1 saturated heterocycles. The maximum Gasteiger partial charge on any atom is 0.0580 e. The van der Waals surface area contributed by atoms with E-state index in [1.807, 2.05) is 0 Å². The van der Waals surface area contributed by atoms with Crippen LogP contribution in [0.5, 0.6) is 0 Å². The number of rotatable bonds is 7. The first-order valence-electron chi connectivity index (χ1n) is 6.65. The van der Waals surface area contributed by atoms with Gasteiger partial charge in [-0.2, -0.15) is 0 Å². The van der Waals surface area contributed by atoms with Crippen LogP contribution in [0, 0.1) is 0 Å². The van der Waals surface area contributed by atoms with Gasteiger partial charge in [-0.25, -0.2) is 0 Å². The van der Waals surface area contributed by atoms with Gasteiger partial charge in [-0.15, -0.1) is 0 Å². The number of hydrogen-bond donors (Lipinski definition) is 1. The summed E-state index contributed by atoms with van der Waals surface area (Å²) in [7, 11) is 0. The summed E-state index contributed by atoms with van der Waals surface area (Å²) < 4.78 is 5.83. The van der Waals surface area contributed by atoms with Gasteiger partial charge in [0.2, 0.25) is 0 Å². The molecule has 2 heteroatoms. The van der Waals surface area contributed by atoms with Crippen molar-refractivity contribution in [1.29, 1.82) is 0 Å². The molecule has 0 radical (unpaired) electrons. The molecule has 0 aromatic rings. The zero-order valence-corrected chi connectivity index (χ0v) is 10.6. The van der Waals surface area contributed by atoms with Crippen LogP contribution in [-0.4, -0.2) is 24.8 Å². The molecule has 1 N–H and O–H groups in total. The molecule has 1 fully saturated rings. The fraction of sp³-hybridized carbons (Fsp3) is 1.00. The lowest BCUT2D eigenvalue weighted by Crippen LogP contribution is -2.30. The molecule has 0 saturated carbocycles. The van der Waals surface area contributed by atoms with Crippen LogP contribution in [0.4, 0.5) is 0 Å². The van der Waals surface area contributed by atoms with Gasteiger partial charge < -0.3 is 10.1 Å². The van der Waals surface area contributed by atoms with Crippen LogP contribution < -0.4 is 5.32 Å². The molecule has 1 heterocycles. The van der Waals surface area contributed by atoms with Gasteiger partial charge in [0.1, 0.15) is 0 Å². The van der Waals surface area contributed by atoms with Crippen LogP contribution in [-0.2, 0) is 4.74 Å². The highest BCUT2D eigenvalue weighted by molar-refractivity contribution is 4.74. The summed E-state index contributed by atoms with van der Waals surface area (Å²) in [4.78, 5) is 0. The van der Waals surface area contributed by atoms with Crippen LogP contribution in [0.15, 0.2) is 0 Å². The lowest BCUT2D eigenvalue weighted by atomic mass is 10.0. The minimum absolute atomic E-state index is 0.499. The van der Waals surface area contributed by atoms with E-state index < -0.39 is 0 Å². The third-order valence-corrected chi connectivity index (χ3v) is 3.33.